The van der Waals surface area contributed by atoms with Crippen LogP contribution in [0.1, 0.15) is 32.1 Å². The molecule has 0 saturated heterocycles. The molecule has 0 saturated carbocycles. The maximum atomic E-state index is 11.1. The molecule has 1 N–H and O–H groups in total. The Hall–Kier alpha value is -1.53. The topological polar surface area (TPSA) is 85.2 Å². The largest absolute Gasteiger partial charge is 0.466 e. The summed E-state index contributed by atoms with van der Waals surface area (Å²) < 4.78 is 10.1. The van der Waals surface area contributed by atoms with E-state index in [-0.39, 0.29) is 25.4 Å². The molecule has 112 valence electrons. The predicted octanol–water partition coefficient (Wildman–Crippen LogP) is 1.02. The number of ether oxygens (including phenoxy) is 2. The Kier molecular flexibility index (Phi) is 8.49. The van der Waals surface area contributed by atoms with Gasteiger partial charge in [-0.3, -0.25) is 9.79 Å². The fourth-order valence-electron chi connectivity index (χ4n) is 1.67. The van der Waals surface area contributed by atoms with Crippen LogP contribution < -0.4 is 0 Å². The zero-order valence-corrected chi connectivity index (χ0v) is 11.5. The highest BCUT2D eigenvalue weighted by Gasteiger charge is 2.08. The van der Waals surface area contributed by atoms with Crippen molar-refractivity contribution >= 4 is 18.5 Å². The van der Waals surface area contributed by atoms with Crippen molar-refractivity contribution in [1.29, 1.82) is 0 Å². The van der Waals surface area contributed by atoms with Crippen LogP contribution in [0.5, 0.6) is 0 Å². The van der Waals surface area contributed by atoms with Gasteiger partial charge >= 0.3 is 5.97 Å². The highest BCUT2D eigenvalue weighted by molar-refractivity contribution is 5.79. The molecule has 1 aliphatic rings. The van der Waals surface area contributed by atoms with Gasteiger partial charge < -0.3 is 19.4 Å². The van der Waals surface area contributed by atoms with E-state index in [2.05, 4.69) is 4.99 Å². The Morgan fingerprint density at radius 2 is 2.35 bits per heavy atom. The number of aliphatic hydroxyl groups excluding tert-OH is 1. The molecule has 0 aromatic rings. The number of dihydropyridines is 1. The molecule has 0 spiro atoms. The first-order valence-corrected chi connectivity index (χ1v) is 6.80. The van der Waals surface area contributed by atoms with Crippen LogP contribution in [-0.2, 0) is 19.1 Å². The molecule has 20 heavy (non-hydrogen) atoms. The SMILES string of the molecule is O=CCCC(=O)OCCCOC(O)CC1=CCCN=C1. The molecule has 0 aromatic heterocycles. The van der Waals surface area contributed by atoms with Crippen LogP contribution in [0.3, 0.4) is 0 Å². The van der Waals surface area contributed by atoms with E-state index in [9.17, 15) is 14.7 Å². The average Bonchev–Trinajstić information content (AvgIpc) is 2.45. The second-order valence-corrected chi connectivity index (χ2v) is 4.41. The summed E-state index contributed by atoms with van der Waals surface area (Å²) in [6.45, 7) is 1.34. The predicted molar refractivity (Wildman–Crippen MR) is 73.5 cm³/mol. The Bertz CT molecular complexity index is 365. The third-order valence-corrected chi connectivity index (χ3v) is 2.66. The van der Waals surface area contributed by atoms with Crippen molar-refractivity contribution in [2.45, 2.75) is 38.4 Å². The molecular weight excluding hydrogens is 262 g/mol. The summed E-state index contributed by atoms with van der Waals surface area (Å²) in [5.74, 6) is -0.388. The van der Waals surface area contributed by atoms with Crippen molar-refractivity contribution < 1.29 is 24.2 Å². The normalized spacial score (nSPS) is 15.6. The van der Waals surface area contributed by atoms with E-state index in [0.717, 1.165) is 18.5 Å². The first kappa shape index (κ1) is 16.5. The fraction of sp³-hybridized carbons (Fsp3) is 0.643. The molecule has 1 heterocycles. The molecule has 1 aliphatic heterocycles. The second kappa shape index (κ2) is 10.3. The van der Waals surface area contributed by atoms with E-state index in [0.29, 0.717) is 25.7 Å². The number of aliphatic hydroxyl groups is 1. The summed E-state index contributed by atoms with van der Waals surface area (Å²) in [5.41, 5.74) is 0.976. The molecule has 0 aromatic carbocycles. The number of rotatable bonds is 10. The van der Waals surface area contributed by atoms with Crippen molar-refractivity contribution in [2.75, 3.05) is 19.8 Å². The van der Waals surface area contributed by atoms with Crippen LogP contribution in [0.15, 0.2) is 16.6 Å². The number of hydrogen-bond donors (Lipinski definition) is 1. The first-order chi connectivity index (χ1) is 9.72. The van der Waals surface area contributed by atoms with Crippen molar-refractivity contribution in [3.8, 4) is 0 Å². The lowest BCUT2D eigenvalue weighted by Gasteiger charge is -2.13. The summed E-state index contributed by atoms with van der Waals surface area (Å²) in [6.07, 6.45) is 5.74. The lowest BCUT2D eigenvalue weighted by Crippen LogP contribution is -2.16. The Morgan fingerprint density at radius 1 is 1.50 bits per heavy atom. The van der Waals surface area contributed by atoms with Crippen LogP contribution in [-0.4, -0.2) is 49.6 Å². The highest BCUT2D eigenvalue weighted by Crippen LogP contribution is 2.09. The zero-order chi connectivity index (χ0) is 14.6. The van der Waals surface area contributed by atoms with Gasteiger partial charge in [-0.25, -0.2) is 0 Å². The van der Waals surface area contributed by atoms with Gasteiger partial charge in [0.05, 0.1) is 19.6 Å². The number of nitrogens with zero attached hydrogens (tertiary/aromatic N) is 1. The van der Waals surface area contributed by atoms with Gasteiger partial charge in [0.15, 0.2) is 6.29 Å². The van der Waals surface area contributed by atoms with Gasteiger partial charge in [-0.2, -0.15) is 0 Å². The second-order valence-electron chi connectivity index (χ2n) is 4.41. The Labute approximate surface area is 118 Å². The van der Waals surface area contributed by atoms with E-state index in [1.165, 1.54) is 0 Å². The van der Waals surface area contributed by atoms with Crippen molar-refractivity contribution in [3.05, 3.63) is 11.6 Å². The third kappa shape index (κ3) is 7.81. The van der Waals surface area contributed by atoms with Gasteiger partial charge in [0.1, 0.15) is 6.29 Å². The number of esters is 1. The van der Waals surface area contributed by atoms with E-state index in [1.54, 1.807) is 6.21 Å². The molecular formula is C14H21NO5. The smallest absolute Gasteiger partial charge is 0.306 e. The zero-order valence-electron chi connectivity index (χ0n) is 11.5. The summed E-state index contributed by atoms with van der Waals surface area (Å²) in [4.78, 5) is 25.2. The number of carbonyl (C=O) groups is 2. The summed E-state index contributed by atoms with van der Waals surface area (Å²) in [6, 6.07) is 0. The Morgan fingerprint density at radius 3 is 3.05 bits per heavy atom. The molecule has 1 rings (SSSR count). The van der Waals surface area contributed by atoms with Gasteiger partial charge in [0, 0.05) is 32.0 Å². The molecule has 0 fully saturated rings. The molecule has 1 atom stereocenters. The molecule has 1 unspecified atom stereocenters. The van der Waals surface area contributed by atoms with Gasteiger partial charge in [-0.15, -0.1) is 0 Å². The fourth-order valence-corrected chi connectivity index (χ4v) is 1.67. The molecule has 6 heteroatoms. The highest BCUT2D eigenvalue weighted by atomic mass is 16.6. The van der Waals surface area contributed by atoms with Gasteiger partial charge in [0.2, 0.25) is 0 Å². The summed E-state index contributed by atoms with van der Waals surface area (Å²) in [7, 11) is 0. The van der Waals surface area contributed by atoms with Gasteiger partial charge in [-0.05, 0) is 12.0 Å². The number of aliphatic imine (C=N–C) groups is 1. The minimum absolute atomic E-state index is 0.112. The quantitative estimate of drug-likeness (QED) is 0.280. The maximum Gasteiger partial charge on any atom is 0.306 e. The minimum atomic E-state index is -0.864. The lowest BCUT2D eigenvalue weighted by atomic mass is 10.1. The van der Waals surface area contributed by atoms with E-state index >= 15 is 0 Å². The average molecular weight is 283 g/mol. The van der Waals surface area contributed by atoms with E-state index < -0.39 is 6.29 Å². The number of aldehydes is 1. The minimum Gasteiger partial charge on any atom is -0.466 e. The molecule has 0 amide bonds. The summed E-state index contributed by atoms with van der Waals surface area (Å²) >= 11 is 0. The Balaban J connectivity index is 2.00. The standard InChI is InChI=1S/C14H21NO5/c16-7-2-5-13(17)19-8-3-9-20-14(18)10-12-4-1-6-15-11-12/h4,7,11,14,18H,1-3,5-6,8-10H2. The van der Waals surface area contributed by atoms with Crippen LogP contribution >= 0.6 is 0 Å². The monoisotopic (exact) mass is 283 g/mol. The number of hydrogen-bond acceptors (Lipinski definition) is 6. The van der Waals surface area contributed by atoms with Crippen LogP contribution in [0.4, 0.5) is 0 Å². The van der Waals surface area contributed by atoms with Crippen LogP contribution in [0.25, 0.3) is 0 Å². The van der Waals surface area contributed by atoms with Gasteiger partial charge in [-0.1, -0.05) is 6.08 Å². The van der Waals surface area contributed by atoms with Crippen LogP contribution in [0.2, 0.25) is 0 Å². The maximum absolute atomic E-state index is 11.1. The third-order valence-electron chi connectivity index (χ3n) is 2.66. The van der Waals surface area contributed by atoms with Crippen molar-refractivity contribution in [3.63, 3.8) is 0 Å². The first-order valence-electron chi connectivity index (χ1n) is 6.80. The van der Waals surface area contributed by atoms with Crippen molar-refractivity contribution in [1.82, 2.24) is 0 Å². The van der Waals surface area contributed by atoms with Crippen LogP contribution in [0, 0.1) is 0 Å². The molecule has 0 aliphatic carbocycles. The van der Waals surface area contributed by atoms with E-state index in [1.807, 2.05) is 6.08 Å². The molecule has 0 radical (unpaired) electrons. The van der Waals surface area contributed by atoms with E-state index in [4.69, 9.17) is 9.47 Å². The van der Waals surface area contributed by atoms with Crippen molar-refractivity contribution in [2.24, 2.45) is 4.99 Å². The number of carbonyl (C=O) groups excluding carboxylic acids is 2. The molecule has 6 nitrogen and oxygen atoms in total. The van der Waals surface area contributed by atoms with Gasteiger partial charge in [0.25, 0.3) is 0 Å². The molecule has 0 bridgehead atoms. The lowest BCUT2D eigenvalue weighted by molar-refractivity contribution is -0.145. The summed E-state index contributed by atoms with van der Waals surface area (Å²) in [5, 5.41) is 9.65.